The van der Waals surface area contributed by atoms with Crippen LogP contribution in [0, 0.1) is 5.13 Å². The molecule has 1 aromatic rings. The van der Waals surface area contributed by atoms with E-state index in [0.29, 0.717) is 11.3 Å². The number of rotatable bonds is 5. The van der Waals surface area contributed by atoms with Crippen molar-refractivity contribution in [2.24, 2.45) is 0 Å². The number of Topliss-reactive ketones (excluding diaryl/α,β-unsaturated/α-hetero) is 2. The highest BCUT2D eigenvalue weighted by molar-refractivity contribution is 7.12. The van der Waals surface area contributed by atoms with Crippen molar-refractivity contribution in [3.8, 4) is 0 Å². The van der Waals surface area contributed by atoms with Crippen molar-refractivity contribution in [3.63, 3.8) is 0 Å². The number of esters is 1. The first-order valence-electron chi connectivity index (χ1n) is 4.53. The summed E-state index contributed by atoms with van der Waals surface area (Å²) in [6.07, 6.45) is -0.585. The van der Waals surface area contributed by atoms with Crippen molar-refractivity contribution < 1.29 is 23.5 Å². The summed E-state index contributed by atoms with van der Waals surface area (Å²) in [6.45, 7) is 1.63. The summed E-state index contributed by atoms with van der Waals surface area (Å²) in [5, 5.41) is -0.507. The fourth-order valence-electron chi connectivity index (χ4n) is 0.981. The van der Waals surface area contributed by atoms with E-state index < -0.39 is 29.1 Å². The molecule has 0 N–H and O–H groups in total. The third-order valence-corrected chi connectivity index (χ3v) is 2.59. The largest absolute Gasteiger partial charge is 0.460 e. The minimum absolute atomic E-state index is 0.0758. The Hall–Kier alpha value is -1.56. The smallest absolute Gasteiger partial charge is 0.375 e. The molecular weight excluding hydrogens is 235 g/mol. The number of halogens is 1. The summed E-state index contributed by atoms with van der Waals surface area (Å²) in [7, 11) is 0. The van der Waals surface area contributed by atoms with Crippen LogP contribution in [0.4, 0.5) is 4.39 Å². The topological polar surface area (TPSA) is 60.4 Å². The molecule has 0 unspecified atom stereocenters. The van der Waals surface area contributed by atoms with Crippen LogP contribution in [-0.4, -0.2) is 24.1 Å². The van der Waals surface area contributed by atoms with E-state index in [4.69, 9.17) is 0 Å². The third kappa shape index (κ3) is 3.23. The van der Waals surface area contributed by atoms with Crippen molar-refractivity contribution in [3.05, 3.63) is 22.1 Å². The van der Waals surface area contributed by atoms with Gasteiger partial charge >= 0.3 is 5.97 Å². The average Bonchev–Trinajstić information content (AvgIpc) is 2.65. The van der Waals surface area contributed by atoms with Crippen LogP contribution in [0.3, 0.4) is 0 Å². The Morgan fingerprint density at radius 1 is 1.38 bits per heavy atom. The molecule has 0 fully saturated rings. The predicted molar refractivity (Wildman–Crippen MR) is 54.9 cm³/mol. The zero-order valence-electron chi connectivity index (χ0n) is 8.49. The Morgan fingerprint density at radius 3 is 2.56 bits per heavy atom. The van der Waals surface area contributed by atoms with E-state index in [1.54, 1.807) is 6.92 Å². The van der Waals surface area contributed by atoms with Gasteiger partial charge in [0.2, 0.25) is 5.78 Å². The van der Waals surface area contributed by atoms with Crippen LogP contribution in [0.5, 0.6) is 0 Å². The highest BCUT2D eigenvalue weighted by Gasteiger charge is 2.20. The molecule has 1 rings (SSSR count). The number of carbonyl (C=O) groups is 3. The van der Waals surface area contributed by atoms with Crippen LogP contribution in [0.25, 0.3) is 0 Å². The molecule has 4 nitrogen and oxygen atoms in total. The van der Waals surface area contributed by atoms with Crippen molar-refractivity contribution in [2.45, 2.75) is 13.3 Å². The molecule has 86 valence electrons. The van der Waals surface area contributed by atoms with Crippen LogP contribution < -0.4 is 0 Å². The van der Waals surface area contributed by atoms with E-state index in [1.165, 1.54) is 6.07 Å². The number of carbonyl (C=O) groups excluding carboxylic acids is 3. The van der Waals surface area contributed by atoms with Gasteiger partial charge in [0, 0.05) is 0 Å². The highest BCUT2D eigenvalue weighted by Crippen LogP contribution is 2.16. The number of hydrogen-bond donors (Lipinski definition) is 0. The molecule has 0 saturated heterocycles. The lowest BCUT2D eigenvalue weighted by molar-refractivity contribution is -0.153. The van der Waals surface area contributed by atoms with Crippen LogP contribution >= 0.6 is 11.3 Å². The van der Waals surface area contributed by atoms with E-state index in [0.717, 1.165) is 6.07 Å². The van der Waals surface area contributed by atoms with Crippen LogP contribution in [0.1, 0.15) is 23.0 Å². The van der Waals surface area contributed by atoms with Gasteiger partial charge in [-0.1, -0.05) is 0 Å². The molecule has 0 saturated carbocycles. The summed E-state index contributed by atoms with van der Waals surface area (Å²) >= 11 is 0.642. The van der Waals surface area contributed by atoms with Crippen LogP contribution in [0.2, 0.25) is 0 Å². The second-order valence-corrected chi connectivity index (χ2v) is 3.88. The number of hydrogen-bond acceptors (Lipinski definition) is 5. The van der Waals surface area contributed by atoms with E-state index in [-0.39, 0.29) is 11.5 Å². The molecule has 0 spiro atoms. The monoisotopic (exact) mass is 244 g/mol. The van der Waals surface area contributed by atoms with Crippen molar-refractivity contribution in [1.82, 2.24) is 0 Å². The lowest BCUT2D eigenvalue weighted by Crippen LogP contribution is -2.20. The summed E-state index contributed by atoms with van der Waals surface area (Å²) in [4.78, 5) is 33.6. The van der Waals surface area contributed by atoms with Gasteiger partial charge in [-0.3, -0.25) is 9.59 Å². The minimum atomic E-state index is -1.03. The lowest BCUT2D eigenvalue weighted by atomic mass is 10.2. The Bertz CT molecular complexity index is 424. The van der Waals surface area contributed by atoms with Crippen LogP contribution in [-0.2, 0) is 14.3 Å². The average molecular weight is 244 g/mol. The molecule has 0 aliphatic carbocycles. The number of thiophene rings is 1. The molecule has 1 aromatic heterocycles. The molecule has 16 heavy (non-hydrogen) atoms. The lowest BCUT2D eigenvalue weighted by Gasteiger charge is -1.98. The van der Waals surface area contributed by atoms with Gasteiger partial charge in [0.25, 0.3) is 0 Å². The van der Waals surface area contributed by atoms with Gasteiger partial charge in [-0.2, -0.15) is 4.39 Å². The van der Waals surface area contributed by atoms with E-state index >= 15 is 0 Å². The maximum absolute atomic E-state index is 12.6. The zero-order valence-corrected chi connectivity index (χ0v) is 9.30. The first-order chi connectivity index (χ1) is 7.54. The molecular formula is C10H9FO4S. The molecule has 6 heteroatoms. The molecule has 1 heterocycles. The Balaban J connectivity index is 2.58. The standard InChI is InChI=1S/C10H9FO4S/c1-2-15-10(14)7(13)5-6(12)8-3-4-9(11)16-8/h3-4H,2,5H2,1H3. The maximum atomic E-state index is 12.6. The number of ketones is 2. The van der Waals surface area contributed by atoms with Gasteiger partial charge in [0.1, 0.15) is 0 Å². The van der Waals surface area contributed by atoms with Gasteiger partial charge in [-0.15, -0.1) is 11.3 Å². The molecule has 0 radical (unpaired) electrons. The summed E-state index contributed by atoms with van der Waals surface area (Å²) < 4.78 is 17.0. The van der Waals surface area contributed by atoms with Crippen molar-refractivity contribution in [1.29, 1.82) is 0 Å². The molecule has 0 bridgehead atoms. The first kappa shape index (κ1) is 12.5. The Labute approximate surface area is 95.0 Å². The quantitative estimate of drug-likeness (QED) is 0.341. The van der Waals surface area contributed by atoms with Gasteiger partial charge in [-0.25, -0.2) is 4.79 Å². The third-order valence-electron chi connectivity index (χ3n) is 1.67. The molecule has 0 aliphatic rings. The highest BCUT2D eigenvalue weighted by atomic mass is 32.1. The minimum Gasteiger partial charge on any atom is -0.460 e. The zero-order chi connectivity index (χ0) is 12.1. The Morgan fingerprint density at radius 2 is 2.06 bits per heavy atom. The van der Waals surface area contributed by atoms with Gasteiger partial charge in [-0.05, 0) is 19.1 Å². The van der Waals surface area contributed by atoms with E-state index in [1.807, 2.05) is 0 Å². The summed E-state index contributed by atoms with van der Waals surface area (Å²) in [5.41, 5.74) is 0. The fourth-order valence-corrected chi connectivity index (χ4v) is 1.65. The van der Waals surface area contributed by atoms with Gasteiger partial charge in [0.15, 0.2) is 10.9 Å². The fraction of sp³-hybridized carbons (Fsp3) is 0.300. The summed E-state index contributed by atoms with van der Waals surface area (Å²) in [6, 6.07) is 2.41. The predicted octanol–water partition coefficient (Wildman–Crippen LogP) is 1.59. The SMILES string of the molecule is CCOC(=O)C(=O)CC(=O)c1ccc(F)s1. The normalized spacial score (nSPS) is 9.88. The maximum Gasteiger partial charge on any atom is 0.375 e. The Kier molecular flexibility index (Phi) is 4.30. The van der Waals surface area contributed by atoms with Crippen molar-refractivity contribution >= 4 is 28.9 Å². The summed E-state index contributed by atoms with van der Waals surface area (Å²) in [5.74, 6) is -2.53. The molecule has 0 atom stereocenters. The van der Waals surface area contributed by atoms with Gasteiger partial charge < -0.3 is 4.74 Å². The van der Waals surface area contributed by atoms with Crippen LogP contribution in [0.15, 0.2) is 12.1 Å². The molecule has 0 amide bonds. The van der Waals surface area contributed by atoms with E-state index in [2.05, 4.69) is 4.74 Å². The van der Waals surface area contributed by atoms with Gasteiger partial charge in [0.05, 0.1) is 17.9 Å². The molecule has 0 aliphatic heterocycles. The number of ether oxygens (including phenoxy) is 1. The second kappa shape index (κ2) is 5.50. The van der Waals surface area contributed by atoms with Crippen molar-refractivity contribution in [2.75, 3.05) is 6.61 Å². The van der Waals surface area contributed by atoms with E-state index in [9.17, 15) is 18.8 Å². The second-order valence-electron chi connectivity index (χ2n) is 2.85. The first-order valence-corrected chi connectivity index (χ1v) is 5.34. The molecule has 0 aromatic carbocycles.